The molecule has 108 valence electrons. The van der Waals surface area contributed by atoms with E-state index in [2.05, 4.69) is 30.2 Å². The number of benzene rings is 1. The molecule has 5 heteroatoms. The Balaban J connectivity index is 2.42. The van der Waals surface area contributed by atoms with Crippen molar-refractivity contribution in [1.29, 1.82) is 0 Å². The molecule has 0 saturated carbocycles. The van der Waals surface area contributed by atoms with Crippen molar-refractivity contribution in [3.8, 4) is 5.75 Å². The van der Waals surface area contributed by atoms with Crippen LogP contribution in [0.5, 0.6) is 5.75 Å². The van der Waals surface area contributed by atoms with Crippen LogP contribution in [0.2, 0.25) is 0 Å². The maximum Gasteiger partial charge on any atom is 0.387 e. The standard InChI is InChI=1S/C14H21F2NOS/c1-10(19-3)8-9-17-11(2)12-4-6-13(7-5-12)18-14(15)16/h4-7,10-11,14,17H,8-9H2,1-3H3. The highest BCUT2D eigenvalue weighted by Gasteiger charge is 2.08. The van der Waals surface area contributed by atoms with Gasteiger partial charge in [-0.2, -0.15) is 20.5 Å². The monoisotopic (exact) mass is 289 g/mol. The summed E-state index contributed by atoms with van der Waals surface area (Å²) < 4.78 is 28.4. The fourth-order valence-corrected chi connectivity index (χ4v) is 2.03. The lowest BCUT2D eigenvalue weighted by Crippen LogP contribution is -2.21. The molecule has 0 saturated heterocycles. The van der Waals surface area contributed by atoms with Crippen LogP contribution in [0, 0.1) is 0 Å². The van der Waals surface area contributed by atoms with Gasteiger partial charge >= 0.3 is 6.61 Å². The van der Waals surface area contributed by atoms with E-state index < -0.39 is 6.61 Å². The number of nitrogens with one attached hydrogen (secondary N) is 1. The minimum absolute atomic E-state index is 0.196. The van der Waals surface area contributed by atoms with E-state index in [4.69, 9.17) is 0 Å². The molecule has 0 heterocycles. The molecule has 2 unspecified atom stereocenters. The van der Waals surface area contributed by atoms with Gasteiger partial charge in [-0.15, -0.1) is 0 Å². The number of thioether (sulfide) groups is 1. The normalized spacial score (nSPS) is 14.4. The number of alkyl halides is 2. The summed E-state index contributed by atoms with van der Waals surface area (Å²) in [7, 11) is 0. The van der Waals surface area contributed by atoms with Gasteiger partial charge in [-0.05, 0) is 43.8 Å². The Morgan fingerprint density at radius 3 is 2.37 bits per heavy atom. The Hall–Kier alpha value is -0.810. The fraction of sp³-hybridized carbons (Fsp3) is 0.571. The third-order valence-corrected chi connectivity index (χ3v) is 4.05. The van der Waals surface area contributed by atoms with Crippen molar-refractivity contribution in [1.82, 2.24) is 5.32 Å². The third kappa shape index (κ3) is 6.25. The molecule has 1 aromatic carbocycles. The van der Waals surface area contributed by atoms with Crippen LogP contribution in [0.25, 0.3) is 0 Å². The maximum atomic E-state index is 12.0. The summed E-state index contributed by atoms with van der Waals surface area (Å²) in [6, 6.07) is 6.98. The number of hydrogen-bond donors (Lipinski definition) is 1. The Bertz CT molecular complexity index is 359. The van der Waals surface area contributed by atoms with Crippen LogP contribution in [0.15, 0.2) is 24.3 Å². The van der Waals surface area contributed by atoms with Gasteiger partial charge in [0.1, 0.15) is 5.75 Å². The molecular formula is C14H21F2NOS. The van der Waals surface area contributed by atoms with E-state index in [0.717, 1.165) is 18.5 Å². The molecule has 0 amide bonds. The number of halogens is 2. The molecule has 0 fully saturated rings. The van der Waals surface area contributed by atoms with Gasteiger partial charge in [-0.3, -0.25) is 0 Å². The van der Waals surface area contributed by atoms with Gasteiger partial charge < -0.3 is 10.1 Å². The molecule has 1 N–H and O–H groups in total. The molecule has 1 aromatic rings. The van der Waals surface area contributed by atoms with E-state index >= 15 is 0 Å². The highest BCUT2D eigenvalue weighted by molar-refractivity contribution is 7.99. The Labute approximate surface area is 117 Å². The Kier molecular flexibility index (Phi) is 7.16. The summed E-state index contributed by atoms with van der Waals surface area (Å²) in [5.41, 5.74) is 1.07. The van der Waals surface area contributed by atoms with Crippen LogP contribution < -0.4 is 10.1 Å². The van der Waals surface area contributed by atoms with E-state index in [0.29, 0.717) is 5.25 Å². The van der Waals surface area contributed by atoms with Crippen LogP contribution >= 0.6 is 11.8 Å². The average Bonchev–Trinajstić information content (AvgIpc) is 2.38. The van der Waals surface area contributed by atoms with Crippen LogP contribution in [0.3, 0.4) is 0 Å². The zero-order chi connectivity index (χ0) is 14.3. The van der Waals surface area contributed by atoms with Crippen molar-refractivity contribution in [3.05, 3.63) is 29.8 Å². The van der Waals surface area contributed by atoms with E-state index in [-0.39, 0.29) is 11.8 Å². The highest BCUT2D eigenvalue weighted by atomic mass is 32.2. The van der Waals surface area contributed by atoms with Gasteiger partial charge in [0.05, 0.1) is 0 Å². The van der Waals surface area contributed by atoms with E-state index in [1.807, 2.05) is 23.9 Å². The quantitative estimate of drug-likeness (QED) is 0.779. The third-order valence-electron chi connectivity index (χ3n) is 3.01. The van der Waals surface area contributed by atoms with E-state index in [9.17, 15) is 8.78 Å². The first-order chi connectivity index (χ1) is 9.02. The van der Waals surface area contributed by atoms with Crippen LogP contribution in [-0.4, -0.2) is 24.7 Å². The first-order valence-electron chi connectivity index (χ1n) is 6.34. The summed E-state index contributed by atoms with van der Waals surface area (Å²) in [5, 5.41) is 4.06. The van der Waals surface area contributed by atoms with Gasteiger partial charge in [0, 0.05) is 11.3 Å². The zero-order valence-corrected chi connectivity index (χ0v) is 12.3. The van der Waals surface area contributed by atoms with E-state index in [1.165, 1.54) is 0 Å². The molecule has 0 aliphatic rings. The Morgan fingerprint density at radius 2 is 1.84 bits per heavy atom. The van der Waals surface area contributed by atoms with Gasteiger partial charge in [-0.25, -0.2) is 0 Å². The maximum absolute atomic E-state index is 12.0. The second kappa shape index (κ2) is 8.38. The van der Waals surface area contributed by atoms with Crippen molar-refractivity contribution < 1.29 is 13.5 Å². The van der Waals surface area contributed by atoms with Gasteiger partial charge in [0.2, 0.25) is 0 Å². The molecule has 19 heavy (non-hydrogen) atoms. The van der Waals surface area contributed by atoms with E-state index in [1.54, 1.807) is 12.1 Å². The SMILES string of the molecule is CSC(C)CCNC(C)c1ccc(OC(F)F)cc1. The van der Waals surface area contributed by atoms with Gasteiger partial charge in [0.25, 0.3) is 0 Å². The number of ether oxygens (including phenoxy) is 1. The first kappa shape index (κ1) is 16.2. The average molecular weight is 289 g/mol. The molecule has 0 aliphatic heterocycles. The topological polar surface area (TPSA) is 21.3 Å². The van der Waals surface area contributed by atoms with Crippen molar-refractivity contribution >= 4 is 11.8 Å². The number of rotatable bonds is 8. The van der Waals surface area contributed by atoms with Crippen LogP contribution in [0.1, 0.15) is 31.9 Å². The highest BCUT2D eigenvalue weighted by Crippen LogP contribution is 2.19. The molecule has 2 nitrogen and oxygen atoms in total. The predicted molar refractivity (Wildman–Crippen MR) is 77.1 cm³/mol. The Morgan fingerprint density at radius 1 is 1.21 bits per heavy atom. The summed E-state index contributed by atoms with van der Waals surface area (Å²) in [6.07, 6.45) is 3.22. The summed E-state index contributed by atoms with van der Waals surface area (Å²) in [4.78, 5) is 0. The summed E-state index contributed by atoms with van der Waals surface area (Å²) >= 11 is 1.85. The second-order valence-corrected chi connectivity index (χ2v) is 5.73. The van der Waals surface area contributed by atoms with Crippen molar-refractivity contribution in [2.45, 2.75) is 38.2 Å². The summed E-state index contributed by atoms with van der Waals surface area (Å²) in [6.45, 7) is 2.44. The van der Waals surface area contributed by atoms with Crippen LogP contribution in [0.4, 0.5) is 8.78 Å². The van der Waals surface area contributed by atoms with Crippen LogP contribution in [-0.2, 0) is 0 Å². The lowest BCUT2D eigenvalue weighted by Gasteiger charge is -2.16. The zero-order valence-electron chi connectivity index (χ0n) is 11.5. The smallest absolute Gasteiger partial charge is 0.387 e. The van der Waals surface area contributed by atoms with Crippen molar-refractivity contribution in [2.75, 3.05) is 12.8 Å². The molecule has 0 radical (unpaired) electrons. The predicted octanol–water partition coefficient (Wildman–Crippen LogP) is 4.08. The molecule has 1 rings (SSSR count). The minimum atomic E-state index is -2.77. The molecule has 2 atom stereocenters. The molecule has 0 bridgehead atoms. The minimum Gasteiger partial charge on any atom is -0.435 e. The summed E-state index contributed by atoms with van der Waals surface area (Å²) in [5.74, 6) is 0.196. The largest absolute Gasteiger partial charge is 0.435 e. The van der Waals surface area contributed by atoms with Gasteiger partial charge in [0.15, 0.2) is 0 Å². The fourth-order valence-electron chi connectivity index (χ4n) is 1.68. The van der Waals surface area contributed by atoms with Crippen molar-refractivity contribution in [3.63, 3.8) is 0 Å². The first-order valence-corrected chi connectivity index (χ1v) is 7.62. The van der Waals surface area contributed by atoms with Gasteiger partial charge in [-0.1, -0.05) is 19.1 Å². The molecule has 0 spiro atoms. The molecule has 0 aromatic heterocycles. The molecule has 0 aliphatic carbocycles. The lowest BCUT2D eigenvalue weighted by atomic mass is 10.1. The van der Waals surface area contributed by atoms with Crippen molar-refractivity contribution in [2.24, 2.45) is 0 Å². The number of hydrogen-bond acceptors (Lipinski definition) is 3. The lowest BCUT2D eigenvalue weighted by molar-refractivity contribution is -0.0498. The second-order valence-electron chi connectivity index (χ2n) is 4.46. The molecular weight excluding hydrogens is 268 g/mol.